The molecule has 0 saturated heterocycles. The summed E-state index contributed by atoms with van der Waals surface area (Å²) in [5.74, 6) is 0. The van der Waals surface area contributed by atoms with Gasteiger partial charge in [0.05, 0.1) is 5.60 Å². The topological polar surface area (TPSA) is 46.2 Å². The van der Waals surface area contributed by atoms with Crippen molar-refractivity contribution in [3.05, 3.63) is 34.9 Å². The number of benzene rings is 1. The van der Waals surface area contributed by atoms with Crippen LogP contribution in [0.5, 0.6) is 0 Å². The highest BCUT2D eigenvalue weighted by Crippen LogP contribution is 2.46. The van der Waals surface area contributed by atoms with Crippen LogP contribution in [0, 0.1) is 0 Å². The minimum Gasteiger partial charge on any atom is -0.390 e. The monoisotopic (exact) mass is 211 g/mol. The predicted molar refractivity (Wildman–Crippen MR) is 57.2 cm³/mol. The molecular weight excluding hydrogens is 198 g/mol. The Hall–Kier alpha value is -0.570. The van der Waals surface area contributed by atoms with E-state index in [-0.39, 0.29) is 5.54 Å². The Kier molecular flexibility index (Phi) is 2.11. The zero-order chi connectivity index (χ0) is 10.4. The third-order valence-corrected chi connectivity index (χ3v) is 3.06. The summed E-state index contributed by atoms with van der Waals surface area (Å²) >= 11 is 5.79. The van der Waals surface area contributed by atoms with Gasteiger partial charge in [-0.05, 0) is 37.5 Å². The molecule has 0 heterocycles. The summed E-state index contributed by atoms with van der Waals surface area (Å²) in [4.78, 5) is 0. The Morgan fingerprint density at radius 1 is 1.29 bits per heavy atom. The van der Waals surface area contributed by atoms with Crippen LogP contribution in [0.4, 0.5) is 0 Å². The number of aliphatic hydroxyl groups is 1. The zero-order valence-electron chi connectivity index (χ0n) is 8.13. The van der Waals surface area contributed by atoms with Crippen LogP contribution in [0.3, 0.4) is 0 Å². The van der Waals surface area contributed by atoms with Gasteiger partial charge in [0.1, 0.15) is 0 Å². The lowest BCUT2D eigenvalue weighted by molar-refractivity contribution is -0.0738. The largest absolute Gasteiger partial charge is 0.390 e. The number of halogens is 1. The van der Waals surface area contributed by atoms with Crippen molar-refractivity contribution < 1.29 is 5.11 Å². The SMILES string of the molecule is CC1(O)CC(N)(c2ccc(Cl)cc2)C1. The molecule has 3 heteroatoms. The maximum Gasteiger partial charge on any atom is 0.0661 e. The van der Waals surface area contributed by atoms with Gasteiger partial charge in [0.25, 0.3) is 0 Å². The number of nitrogens with two attached hydrogens (primary N) is 1. The van der Waals surface area contributed by atoms with Crippen LogP contribution in [0.2, 0.25) is 5.02 Å². The van der Waals surface area contributed by atoms with Crippen LogP contribution in [0.15, 0.2) is 24.3 Å². The zero-order valence-corrected chi connectivity index (χ0v) is 8.88. The summed E-state index contributed by atoms with van der Waals surface area (Å²) in [6.45, 7) is 1.81. The van der Waals surface area contributed by atoms with E-state index in [4.69, 9.17) is 17.3 Å². The first kappa shape index (κ1) is 9.97. The van der Waals surface area contributed by atoms with Gasteiger partial charge in [-0.25, -0.2) is 0 Å². The molecule has 1 aliphatic carbocycles. The van der Waals surface area contributed by atoms with Crippen molar-refractivity contribution in [1.82, 2.24) is 0 Å². The van der Waals surface area contributed by atoms with Gasteiger partial charge in [0.15, 0.2) is 0 Å². The van der Waals surface area contributed by atoms with Gasteiger partial charge >= 0.3 is 0 Å². The Morgan fingerprint density at radius 2 is 1.79 bits per heavy atom. The fraction of sp³-hybridized carbons (Fsp3) is 0.455. The van der Waals surface area contributed by atoms with E-state index in [0.29, 0.717) is 17.9 Å². The van der Waals surface area contributed by atoms with Crippen LogP contribution in [-0.2, 0) is 5.54 Å². The summed E-state index contributed by atoms with van der Waals surface area (Å²) in [5.41, 5.74) is 6.23. The van der Waals surface area contributed by atoms with E-state index >= 15 is 0 Å². The van der Waals surface area contributed by atoms with E-state index in [9.17, 15) is 5.11 Å². The summed E-state index contributed by atoms with van der Waals surface area (Å²) in [7, 11) is 0. The Balaban J connectivity index is 2.21. The predicted octanol–water partition coefficient (Wildman–Crippen LogP) is 2.04. The fourth-order valence-electron chi connectivity index (χ4n) is 2.29. The molecule has 0 radical (unpaired) electrons. The van der Waals surface area contributed by atoms with E-state index in [1.165, 1.54) is 0 Å². The molecule has 0 aliphatic heterocycles. The van der Waals surface area contributed by atoms with Crippen molar-refractivity contribution in [3.8, 4) is 0 Å². The second-order valence-corrected chi connectivity index (χ2v) is 4.95. The molecule has 1 aromatic carbocycles. The van der Waals surface area contributed by atoms with Gasteiger partial charge in [-0.2, -0.15) is 0 Å². The van der Waals surface area contributed by atoms with Crippen molar-refractivity contribution in [2.75, 3.05) is 0 Å². The van der Waals surface area contributed by atoms with Gasteiger partial charge in [0, 0.05) is 10.6 Å². The minimum absolute atomic E-state index is 0.367. The molecule has 0 unspecified atom stereocenters. The van der Waals surface area contributed by atoms with E-state index < -0.39 is 5.60 Å². The number of hydrogen-bond acceptors (Lipinski definition) is 2. The third-order valence-electron chi connectivity index (χ3n) is 2.81. The fourth-order valence-corrected chi connectivity index (χ4v) is 2.42. The standard InChI is InChI=1S/C11H14ClNO/c1-10(14)6-11(13,7-10)8-2-4-9(12)5-3-8/h2-5,14H,6-7,13H2,1H3. The van der Waals surface area contributed by atoms with Gasteiger partial charge in [-0.1, -0.05) is 23.7 Å². The second kappa shape index (κ2) is 2.96. The van der Waals surface area contributed by atoms with E-state index in [1.54, 1.807) is 0 Å². The van der Waals surface area contributed by atoms with E-state index in [0.717, 1.165) is 5.56 Å². The normalized spacial score (nSPS) is 36.6. The molecule has 1 fully saturated rings. The molecule has 0 spiro atoms. The molecule has 3 N–H and O–H groups in total. The third kappa shape index (κ3) is 1.65. The number of rotatable bonds is 1. The minimum atomic E-state index is -0.603. The van der Waals surface area contributed by atoms with Crippen molar-refractivity contribution in [2.45, 2.75) is 30.9 Å². The lowest BCUT2D eigenvalue weighted by Crippen LogP contribution is -2.58. The average Bonchev–Trinajstić information content (AvgIpc) is 2.01. The highest BCUT2D eigenvalue weighted by molar-refractivity contribution is 6.30. The molecule has 0 aromatic heterocycles. The van der Waals surface area contributed by atoms with Gasteiger partial charge in [-0.3, -0.25) is 0 Å². The molecular formula is C11H14ClNO. The lowest BCUT2D eigenvalue weighted by Gasteiger charge is -2.49. The quantitative estimate of drug-likeness (QED) is 0.747. The highest BCUT2D eigenvalue weighted by Gasteiger charge is 2.49. The second-order valence-electron chi connectivity index (χ2n) is 4.51. The molecule has 76 valence electrons. The number of hydrogen-bond donors (Lipinski definition) is 2. The Labute approximate surface area is 88.7 Å². The summed E-state index contributed by atoms with van der Waals surface area (Å²) in [5, 5.41) is 10.4. The van der Waals surface area contributed by atoms with Gasteiger partial charge < -0.3 is 10.8 Å². The summed E-state index contributed by atoms with van der Waals surface area (Å²) < 4.78 is 0. The smallest absolute Gasteiger partial charge is 0.0661 e. The molecule has 1 aromatic rings. The molecule has 0 amide bonds. The molecule has 0 bridgehead atoms. The van der Waals surface area contributed by atoms with Crippen molar-refractivity contribution in [3.63, 3.8) is 0 Å². The molecule has 2 rings (SSSR count). The van der Waals surface area contributed by atoms with Crippen LogP contribution >= 0.6 is 11.6 Å². The van der Waals surface area contributed by atoms with Crippen molar-refractivity contribution in [1.29, 1.82) is 0 Å². The molecule has 0 atom stereocenters. The van der Waals surface area contributed by atoms with Crippen LogP contribution in [0.1, 0.15) is 25.3 Å². The maximum absolute atomic E-state index is 9.66. The van der Waals surface area contributed by atoms with Crippen LogP contribution in [0.25, 0.3) is 0 Å². The first-order valence-electron chi connectivity index (χ1n) is 4.69. The Morgan fingerprint density at radius 3 is 2.21 bits per heavy atom. The summed E-state index contributed by atoms with van der Waals surface area (Å²) in [6.07, 6.45) is 1.23. The first-order chi connectivity index (χ1) is 6.41. The molecule has 1 aliphatic rings. The molecule has 2 nitrogen and oxygen atoms in total. The molecule has 1 saturated carbocycles. The first-order valence-corrected chi connectivity index (χ1v) is 5.06. The van der Waals surface area contributed by atoms with Crippen molar-refractivity contribution >= 4 is 11.6 Å². The summed E-state index contributed by atoms with van der Waals surface area (Å²) in [6, 6.07) is 7.52. The van der Waals surface area contributed by atoms with Gasteiger partial charge in [-0.15, -0.1) is 0 Å². The maximum atomic E-state index is 9.66. The average molecular weight is 212 g/mol. The van der Waals surface area contributed by atoms with Crippen LogP contribution in [-0.4, -0.2) is 10.7 Å². The highest BCUT2D eigenvalue weighted by atomic mass is 35.5. The van der Waals surface area contributed by atoms with Crippen molar-refractivity contribution in [2.24, 2.45) is 5.73 Å². The molecule has 14 heavy (non-hydrogen) atoms. The lowest BCUT2D eigenvalue weighted by atomic mass is 9.63. The van der Waals surface area contributed by atoms with E-state index in [1.807, 2.05) is 31.2 Å². The van der Waals surface area contributed by atoms with Crippen LogP contribution < -0.4 is 5.73 Å². The van der Waals surface area contributed by atoms with Gasteiger partial charge in [0.2, 0.25) is 0 Å². The Bertz CT molecular complexity index is 337. The van der Waals surface area contributed by atoms with E-state index in [2.05, 4.69) is 0 Å².